The number of morpholine rings is 1. The van der Waals surface area contributed by atoms with Gasteiger partial charge >= 0.3 is 0 Å². The van der Waals surface area contributed by atoms with Crippen LogP contribution >= 0.6 is 23.2 Å². The molecule has 4 heterocycles. The molecule has 3 fully saturated rings. The molecule has 244 valence electrons. The Labute approximate surface area is 279 Å². The molecule has 2 aromatic carbocycles. The summed E-state index contributed by atoms with van der Waals surface area (Å²) in [5.41, 5.74) is 3.15. The molecule has 3 aliphatic heterocycles. The minimum absolute atomic E-state index is 0.0145. The van der Waals surface area contributed by atoms with Gasteiger partial charge < -0.3 is 25.0 Å². The van der Waals surface area contributed by atoms with Crippen LogP contribution in [0.3, 0.4) is 0 Å². The van der Waals surface area contributed by atoms with E-state index in [2.05, 4.69) is 37.0 Å². The van der Waals surface area contributed by atoms with Gasteiger partial charge in [0.15, 0.2) is 5.82 Å². The number of amides is 1. The number of benzene rings is 2. The Bertz CT molecular complexity index is 1550. The number of hydrogen-bond donors (Lipinski definition) is 2. The highest BCUT2D eigenvalue weighted by Crippen LogP contribution is 2.40. The first-order chi connectivity index (χ1) is 22.4. The van der Waals surface area contributed by atoms with Crippen LogP contribution in [0.25, 0.3) is 0 Å². The average Bonchev–Trinajstić information content (AvgIpc) is 3.56. The summed E-state index contributed by atoms with van der Waals surface area (Å²) >= 11 is 12.7. The third-order valence-electron chi connectivity index (χ3n) is 8.77. The Morgan fingerprint density at radius 1 is 1.07 bits per heavy atom. The summed E-state index contributed by atoms with van der Waals surface area (Å²) in [5, 5.41) is 9.26. The van der Waals surface area contributed by atoms with Crippen molar-refractivity contribution in [3.05, 3.63) is 71.0 Å². The first-order valence-corrected chi connectivity index (χ1v) is 16.4. The first-order valence-electron chi connectivity index (χ1n) is 15.6. The van der Waals surface area contributed by atoms with Crippen molar-refractivity contribution in [1.82, 2.24) is 14.9 Å². The van der Waals surface area contributed by atoms with Gasteiger partial charge in [0.1, 0.15) is 17.9 Å². The van der Waals surface area contributed by atoms with E-state index >= 15 is 0 Å². The predicted molar refractivity (Wildman–Crippen MR) is 182 cm³/mol. The van der Waals surface area contributed by atoms with Crippen molar-refractivity contribution in [2.45, 2.75) is 37.8 Å². The fraction of sp³-hybridized carbons (Fsp3) is 0.424. The number of ether oxygens (including phenoxy) is 2. The van der Waals surface area contributed by atoms with Crippen LogP contribution in [0.5, 0.6) is 5.75 Å². The molecule has 0 bridgehead atoms. The van der Waals surface area contributed by atoms with Crippen LogP contribution in [0.4, 0.5) is 28.7 Å². The number of halogens is 2. The van der Waals surface area contributed by atoms with E-state index in [-0.39, 0.29) is 11.9 Å². The number of methoxy groups -OCH3 is 1. The van der Waals surface area contributed by atoms with E-state index in [0.29, 0.717) is 57.9 Å². The number of piperidine rings is 1. The van der Waals surface area contributed by atoms with Crippen molar-refractivity contribution in [2.24, 2.45) is 0 Å². The standard InChI is InChI=1S/C33H39Cl2N7O4/c1-3-32(43)39-26-18-27(29(44-2)19-28(26)41-10-7-23(8-11-41)40-12-15-45-16-13-40)38-30-20-31(37-21-36-30)42-24(9-14-46-42)17-22-5-4-6-25(34)33(22)35/h3-6,18-21,23-24H,1,7-17H2,2H3,(H,39,43)(H,36,37,38)/t24-/m1/s1. The molecule has 1 amide bonds. The maximum Gasteiger partial charge on any atom is 0.247 e. The van der Waals surface area contributed by atoms with Crippen molar-refractivity contribution >= 4 is 57.8 Å². The molecule has 1 atom stereocenters. The number of nitrogens with zero attached hydrogens (tertiary/aromatic N) is 5. The number of nitrogens with one attached hydrogen (secondary N) is 2. The number of aromatic nitrogens is 2. The summed E-state index contributed by atoms with van der Waals surface area (Å²) in [6.45, 7) is 9.47. The van der Waals surface area contributed by atoms with E-state index in [9.17, 15) is 4.79 Å². The average molecular weight is 669 g/mol. The molecule has 0 radical (unpaired) electrons. The van der Waals surface area contributed by atoms with Crippen LogP contribution in [-0.4, -0.2) is 86.0 Å². The molecular weight excluding hydrogens is 629 g/mol. The smallest absolute Gasteiger partial charge is 0.247 e. The first kappa shape index (κ1) is 32.3. The maximum absolute atomic E-state index is 12.5. The summed E-state index contributed by atoms with van der Waals surface area (Å²) in [6.07, 6.45) is 6.28. The minimum atomic E-state index is -0.290. The molecule has 0 saturated carbocycles. The normalized spacial score (nSPS) is 19.2. The molecule has 1 aromatic heterocycles. The Kier molecular flexibility index (Phi) is 10.5. The Morgan fingerprint density at radius 3 is 2.63 bits per heavy atom. The van der Waals surface area contributed by atoms with Crippen LogP contribution in [0.2, 0.25) is 10.0 Å². The van der Waals surface area contributed by atoms with Gasteiger partial charge in [-0.25, -0.2) is 15.0 Å². The van der Waals surface area contributed by atoms with E-state index < -0.39 is 0 Å². The van der Waals surface area contributed by atoms with Gasteiger partial charge in [0.05, 0.1) is 60.1 Å². The molecular formula is C33H39Cl2N7O4. The Balaban J connectivity index is 1.21. The van der Waals surface area contributed by atoms with Crippen molar-refractivity contribution in [3.63, 3.8) is 0 Å². The van der Waals surface area contributed by atoms with Crippen LogP contribution in [0, 0.1) is 0 Å². The number of carbonyl (C=O) groups excluding carboxylic acids is 1. The highest BCUT2D eigenvalue weighted by atomic mass is 35.5. The monoisotopic (exact) mass is 667 g/mol. The van der Waals surface area contributed by atoms with Gasteiger partial charge in [0, 0.05) is 44.4 Å². The maximum atomic E-state index is 12.5. The van der Waals surface area contributed by atoms with Crippen LogP contribution < -0.4 is 25.3 Å². The molecule has 3 saturated heterocycles. The van der Waals surface area contributed by atoms with E-state index in [0.717, 1.165) is 69.9 Å². The Morgan fingerprint density at radius 2 is 1.87 bits per heavy atom. The lowest BCUT2D eigenvalue weighted by Crippen LogP contribution is -2.49. The number of hydroxylamine groups is 1. The summed E-state index contributed by atoms with van der Waals surface area (Å²) in [6, 6.07) is 11.9. The zero-order valence-corrected chi connectivity index (χ0v) is 27.4. The summed E-state index contributed by atoms with van der Waals surface area (Å²) < 4.78 is 11.4. The third-order valence-corrected chi connectivity index (χ3v) is 9.63. The van der Waals surface area contributed by atoms with Crippen molar-refractivity contribution in [1.29, 1.82) is 0 Å². The van der Waals surface area contributed by atoms with Gasteiger partial charge in [-0.05, 0) is 49.5 Å². The molecule has 6 rings (SSSR count). The van der Waals surface area contributed by atoms with Gasteiger partial charge in [-0.15, -0.1) is 0 Å². The van der Waals surface area contributed by atoms with Crippen LogP contribution in [0.15, 0.2) is 55.4 Å². The number of anilines is 5. The van der Waals surface area contributed by atoms with Crippen molar-refractivity contribution in [3.8, 4) is 5.75 Å². The highest BCUT2D eigenvalue weighted by Gasteiger charge is 2.30. The third kappa shape index (κ3) is 7.34. The minimum Gasteiger partial charge on any atom is -0.494 e. The topological polar surface area (TPSA) is 104 Å². The van der Waals surface area contributed by atoms with Crippen molar-refractivity contribution in [2.75, 3.05) is 73.7 Å². The van der Waals surface area contributed by atoms with E-state index in [1.807, 2.05) is 30.3 Å². The molecule has 0 spiro atoms. The van der Waals surface area contributed by atoms with Gasteiger partial charge in [-0.1, -0.05) is 41.9 Å². The molecule has 3 aliphatic rings. The number of carbonyl (C=O) groups is 1. The highest BCUT2D eigenvalue weighted by molar-refractivity contribution is 6.42. The summed E-state index contributed by atoms with van der Waals surface area (Å²) in [7, 11) is 1.63. The number of rotatable bonds is 10. The second kappa shape index (κ2) is 14.9. The molecule has 0 unspecified atom stereocenters. The van der Waals surface area contributed by atoms with Gasteiger partial charge in [0.2, 0.25) is 5.91 Å². The van der Waals surface area contributed by atoms with E-state index in [4.69, 9.17) is 37.5 Å². The van der Waals surface area contributed by atoms with E-state index in [1.54, 1.807) is 18.2 Å². The van der Waals surface area contributed by atoms with Crippen LogP contribution in [0.1, 0.15) is 24.8 Å². The number of hydrogen-bond acceptors (Lipinski definition) is 10. The molecule has 3 aromatic rings. The van der Waals surface area contributed by atoms with Crippen molar-refractivity contribution < 1.29 is 19.1 Å². The lowest BCUT2D eigenvalue weighted by Gasteiger charge is -2.41. The molecule has 0 aliphatic carbocycles. The largest absolute Gasteiger partial charge is 0.494 e. The Hall–Kier alpha value is -3.61. The van der Waals surface area contributed by atoms with E-state index in [1.165, 1.54) is 12.4 Å². The molecule has 13 heteroatoms. The quantitative estimate of drug-likeness (QED) is 0.261. The molecule has 46 heavy (non-hydrogen) atoms. The van der Waals surface area contributed by atoms with Gasteiger partial charge in [-0.2, -0.15) is 0 Å². The predicted octanol–water partition coefficient (Wildman–Crippen LogP) is 5.71. The molecule has 11 nitrogen and oxygen atoms in total. The second-order valence-corrected chi connectivity index (χ2v) is 12.3. The fourth-order valence-electron chi connectivity index (χ4n) is 6.38. The lowest BCUT2D eigenvalue weighted by molar-refractivity contribution is -0.111. The molecule has 2 N–H and O–H groups in total. The van der Waals surface area contributed by atoms with Gasteiger partial charge in [-0.3, -0.25) is 14.5 Å². The summed E-state index contributed by atoms with van der Waals surface area (Å²) in [5.74, 6) is 1.48. The second-order valence-electron chi connectivity index (χ2n) is 11.5. The SMILES string of the molecule is C=CC(=O)Nc1cc(Nc2cc(N3OCC[C@@H]3Cc3cccc(Cl)c3Cl)ncn2)c(OC)cc1N1CCC(N2CCOCC2)CC1. The van der Waals surface area contributed by atoms with Crippen LogP contribution in [-0.2, 0) is 20.8 Å². The lowest BCUT2D eigenvalue weighted by atomic mass is 10.0. The zero-order chi connectivity index (χ0) is 32.0. The summed E-state index contributed by atoms with van der Waals surface area (Å²) in [4.78, 5) is 32.3. The van der Waals surface area contributed by atoms with Gasteiger partial charge in [0.25, 0.3) is 0 Å². The zero-order valence-electron chi connectivity index (χ0n) is 25.9. The fourth-order valence-corrected chi connectivity index (χ4v) is 6.77.